The van der Waals surface area contributed by atoms with Crippen LogP contribution >= 0.6 is 11.6 Å². The first-order chi connectivity index (χ1) is 7.99. The molecule has 0 heterocycles. The van der Waals surface area contributed by atoms with Gasteiger partial charge >= 0.3 is 5.97 Å². The van der Waals surface area contributed by atoms with Gasteiger partial charge in [0.1, 0.15) is 18.1 Å². The summed E-state index contributed by atoms with van der Waals surface area (Å²) in [4.78, 5) is 21.2. The van der Waals surface area contributed by atoms with Crippen LogP contribution in [0.3, 0.4) is 0 Å². The highest BCUT2D eigenvalue weighted by molar-refractivity contribution is 6.32. The van der Waals surface area contributed by atoms with E-state index in [1.807, 2.05) is 0 Å². The number of hydrogen-bond acceptors (Lipinski definition) is 3. The highest BCUT2D eigenvalue weighted by atomic mass is 35.5. The maximum absolute atomic E-state index is 12.7. The van der Waals surface area contributed by atoms with Gasteiger partial charge in [-0.2, -0.15) is 0 Å². The van der Waals surface area contributed by atoms with Crippen molar-refractivity contribution in [1.29, 1.82) is 0 Å². The van der Waals surface area contributed by atoms with E-state index in [1.165, 1.54) is 6.07 Å². The third-order valence-electron chi connectivity index (χ3n) is 1.69. The zero-order chi connectivity index (χ0) is 12.8. The van der Waals surface area contributed by atoms with Crippen molar-refractivity contribution in [3.63, 3.8) is 0 Å². The first-order valence-corrected chi connectivity index (χ1v) is 4.93. The SMILES string of the molecule is O=C(O)CNC(=O)COc1ccc(F)cc1Cl. The number of carboxylic acid groups (broad SMARTS) is 1. The Balaban J connectivity index is 2.44. The number of carbonyl (C=O) groups excluding carboxylic acids is 1. The Morgan fingerprint density at radius 3 is 2.76 bits per heavy atom. The molecule has 0 aliphatic rings. The summed E-state index contributed by atoms with van der Waals surface area (Å²) in [5.74, 6) is -2.12. The molecule has 2 N–H and O–H groups in total. The lowest BCUT2D eigenvalue weighted by Crippen LogP contribution is -2.33. The number of ether oxygens (including phenoxy) is 1. The van der Waals surface area contributed by atoms with E-state index in [2.05, 4.69) is 5.32 Å². The second-order valence-corrected chi connectivity index (χ2v) is 3.44. The van der Waals surface area contributed by atoms with Crippen molar-refractivity contribution < 1.29 is 23.8 Å². The summed E-state index contributed by atoms with van der Waals surface area (Å²) in [6.07, 6.45) is 0. The van der Waals surface area contributed by atoms with Gasteiger partial charge in [-0.15, -0.1) is 0 Å². The molecule has 5 nitrogen and oxygen atoms in total. The van der Waals surface area contributed by atoms with Crippen molar-refractivity contribution in [2.24, 2.45) is 0 Å². The van der Waals surface area contributed by atoms with Crippen molar-refractivity contribution >= 4 is 23.5 Å². The molecular formula is C10H9ClFNO4. The molecule has 1 amide bonds. The highest BCUT2D eigenvalue weighted by Gasteiger charge is 2.07. The van der Waals surface area contributed by atoms with Crippen molar-refractivity contribution in [2.45, 2.75) is 0 Å². The molecule has 0 aliphatic carbocycles. The molecule has 0 radical (unpaired) electrons. The topological polar surface area (TPSA) is 75.6 Å². The Bertz CT molecular complexity index is 438. The maximum atomic E-state index is 12.7. The molecule has 92 valence electrons. The molecule has 0 aliphatic heterocycles. The number of rotatable bonds is 5. The molecule has 1 aromatic rings. The molecule has 7 heteroatoms. The number of carboxylic acids is 1. The molecule has 0 saturated carbocycles. The average molecular weight is 262 g/mol. The third-order valence-corrected chi connectivity index (χ3v) is 1.98. The Hall–Kier alpha value is -1.82. The van der Waals surface area contributed by atoms with Gasteiger partial charge < -0.3 is 15.2 Å². The van der Waals surface area contributed by atoms with Crippen LogP contribution in [0.15, 0.2) is 18.2 Å². The van der Waals surface area contributed by atoms with E-state index in [1.54, 1.807) is 0 Å². The van der Waals surface area contributed by atoms with Gasteiger partial charge in [-0.1, -0.05) is 11.6 Å². The largest absolute Gasteiger partial charge is 0.482 e. The number of nitrogens with one attached hydrogen (secondary N) is 1. The molecular weight excluding hydrogens is 253 g/mol. The fourth-order valence-electron chi connectivity index (χ4n) is 0.961. The normalized spacial score (nSPS) is 9.76. The van der Waals surface area contributed by atoms with Crippen LogP contribution in [0.5, 0.6) is 5.75 Å². The number of hydrogen-bond donors (Lipinski definition) is 2. The zero-order valence-electron chi connectivity index (χ0n) is 8.57. The predicted octanol–water partition coefficient (Wildman–Crippen LogP) is 1.06. The average Bonchev–Trinajstić information content (AvgIpc) is 2.25. The molecule has 0 aromatic heterocycles. The Kier molecular flexibility index (Phi) is 4.71. The number of amides is 1. The third kappa shape index (κ3) is 4.69. The van der Waals surface area contributed by atoms with E-state index in [9.17, 15) is 14.0 Å². The number of benzene rings is 1. The lowest BCUT2D eigenvalue weighted by atomic mass is 10.3. The van der Waals surface area contributed by atoms with E-state index < -0.39 is 30.8 Å². The fourth-order valence-corrected chi connectivity index (χ4v) is 1.18. The van der Waals surface area contributed by atoms with Gasteiger partial charge in [0.05, 0.1) is 5.02 Å². The molecule has 0 fully saturated rings. The Morgan fingerprint density at radius 2 is 2.18 bits per heavy atom. The number of halogens is 2. The van der Waals surface area contributed by atoms with Crippen molar-refractivity contribution in [1.82, 2.24) is 5.32 Å². The van der Waals surface area contributed by atoms with Gasteiger partial charge in [0.15, 0.2) is 6.61 Å². The van der Waals surface area contributed by atoms with Crippen LogP contribution in [-0.4, -0.2) is 30.1 Å². The quantitative estimate of drug-likeness (QED) is 0.831. The summed E-state index contributed by atoms with van der Waals surface area (Å²) in [6, 6.07) is 3.46. The minimum absolute atomic E-state index is 0.0380. The minimum atomic E-state index is -1.15. The molecule has 0 saturated heterocycles. The summed E-state index contributed by atoms with van der Waals surface area (Å²) in [5.41, 5.74) is 0. The molecule has 0 unspecified atom stereocenters. The smallest absolute Gasteiger partial charge is 0.322 e. The van der Waals surface area contributed by atoms with Crippen LogP contribution in [0.4, 0.5) is 4.39 Å². The van der Waals surface area contributed by atoms with Crippen molar-refractivity contribution in [2.75, 3.05) is 13.2 Å². The van der Waals surface area contributed by atoms with Crippen LogP contribution in [-0.2, 0) is 9.59 Å². The second kappa shape index (κ2) is 6.05. The van der Waals surface area contributed by atoms with Gasteiger partial charge in [0.25, 0.3) is 5.91 Å². The molecule has 1 aromatic carbocycles. The standard InChI is InChI=1S/C10H9ClFNO4/c11-7-3-6(12)1-2-8(7)17-5-9(14)13-4-10(15)16/h1-3H,4-5H2,(H,13,14)(H,15,16). The molecule has 17 heavy (non-hydrogen) atoms. The van der Waals surface area contributed by atoms with Gasteiger partial charge in [-0.3, -0.25) is 9.59 Å². The monoisotopic (exact) mass is 261 g/mol. The maximum Gasteiger partial charge on any atom is 0.322 e. The zero-order valence-corrected chi connectivity index (χ0v) is 9.33. The van der Waals surface area contributed by atoms with Gasteiger partial charge in [-0.05, 0) is 18.2 Å². The molecule has 0 atom stereocenters. The van der Waals surface area contributed by atoms with Crippen LogP contribution in [0.1, 0.15) is 0 Å². The predicted molar refractivity (Wildman–Crippen MR) is 57.6 cm³/mol. The van der Waals surface area contributed by atoms with E-state index in [4.69, 9.17) is 21.4 Å². The van der Waals surface area contributed by atoms with Crippen molar-refractivity contribution in [3.8, 4) is 5.75 Å². The van der Waals surface area contributed by atoms with E-state index >= 15 is 0 Å². The Morgan fingerprint density at radius 1 is 1.47 bits per heavy atom. The number of carbonyl (C=O) groups is 2. The Labute approximate surface area is 101 Å². The highest BCUT2D eigenvalue weighted by Crippen LogP contribution is 2.24. The second-order valence-electron chi connectivity index (χ2n) is 3.03. The van der Waals surface area contributed by atoms with E-state index in [0.29, 0.717) is 0 Å². The number of aliphatic carboxylic acids is 1. The lowest BCUT2D eigenvalue weighted by molar-refractivity contribution is -0.138. The fraction of sp³-hybridized carbons (Fsp3) is 0.200. The first-order valence-electron chi connectivity index (χ1n) is 4.55. The first kappa shape index (κ1) is 13.2. The van der Waals surface area contributed by atoms with Gasteiger partial charge in [-0.25, -0.2) is 4.39 Å². The lowest BCUT2D eigenvalue weighted by Gasteiger charge is -2.07. The summed E-state index contributed by atoms with van der Waals surface area (Å²) in [5, 5.41) is 10.4. The van der Waals surface area contributed by atoms with Crippen LogP contribution in [0.25, 0.3) is 0 Å². The summed E-state index contributed by atoms with van der Waals surface area (Å²) >= 11 is 5.65. The summed E-state index contributed by atoms with van der Waals surface area (Å²) in [7, 11) is 0. The van der Waals surface area contributed by atoms with Crippen LogP contribution in [0, 0.1) is 5.82 Å². The van der Waals surface area contributed by atoms with Crippen LogP contribution in [0.2, 0.25) is 5.02 Å². The molecule has 1 rings (SSSR count). The van der Waals surface area contributed by atoms with Crippen molar-refractivity contribution in [3.05, 3.63) is 29.0 Å². The van der Waals surface area contributed by atoms with E-state index in [-0.39, 0.29) is 10.8 Å². The van der Waals surface area contributed by atoms with Gasteiger partial charge in [0.2, 0.25) is 0 Å². The van der Waals surface area contributed by atoms with E-state index in [0.717, 1.165) is 12.1 Å². The van der Waals surface area contributed by atoms with Gasteiger partial charge in [0, 0.05) is 0 Å². The molecule has 0 bridgehead atoms. The summed E-state index contributed by atoms with van der Waals surface area (Å²) < 4.78 is 17.7. The summed E-state index contributed by atoms with van der Waals surface area (Å²) in [6.45, 7) is -0.877. The molecule has 0 spiro atoms. The van der Waals surface area contributed by atoms with Crippen LogP contribution < -0.4 is 10.1 Å². The minimum Gasteiger partial charge on any atom is -0.482 e.